The molecule has 121 heavy (non-hydrogen) atoms. The molecule has 706 valence electrons. The third-order valence-corrected chi connectivity index (χ3v) is 22.4. The number of hydrogen-bond donors (Lipinski definition) is 33. The number of amides is 1. The second-order valence-electron chi connectivity index (χ2n) is 30.4. The largest absolute Gasteiger partial charge is 0.394 e. The maximum Gasteiger partial charge on any atom is 0.220 e. The van der Waals surface area contributed by atoms with Gasteiger partial charge in [0.05, 0.1) is 72.7 Å². The molecule has 50 atom stereocenters. The summed E-state index contributed by atoms with van der Waals surface area (Å²) in [5.74, 6) is -0.360. The smallest absolute Gasteiger partial charge is 0.220 e. The van der Waals surface area contributed by atoms with Crippen LogP contribution in [0.25, 0.3) is 0 Å². The molecule has 10 heterocycles. The minimum absolute atomic E-state index is 0.123. The first-order valence-electron chi connectivity index (χ1n) is 39.1. The molecular weight excluding hydrogens is 1660 g/mol. The standard InChI is InChI=1S/C67H116N2O52/c68-4-2-1-3-27(80)69-5-6-102-58-45(98)49(34(87)23(13-76)103-58)113-60-47(100)51(36(89)25(15-78)105-60)115-64-56(42(95)32(85)19(9-72)109-64)120-67-57(43(96)33(86)22(12-75)112-67)121-66-54(40(93)30(83)21(11-74)111-66)118-62-46(99)50(35(88)24(14-77)107-62)114-61-48(101)52(37(90)26(16-79)106-61)116-63-55(41(94)31(84)18(8-71)108-63)119-65-53(39(92)29(82)20(10-73)110-65)117-59-44(97)38(91)28(81)17(7-70)104-59/h17-26,28-67,70-79,81-101H,1-16,68H2,(H,69,80)/t17?,18?,19?,20?,21?,22?,23?,24?,25?,26?,28-,29-,30-,31-,32-,33-,34-,35-,36-,37-,38+,39+,40+,41+,42+,43+,44?,45?,46?,47?,48?,49+,50+,51+,52+,53?,54?,55?,56?,57?,58+,59-,60-,61-,62-,63-,64-,65-,66-,67-/m1/s1. The highest BCUT2D eigenvalue weighted by Crippen LogP contribution is 2.42. The number of hydrogen-bond acceptors (Lipinski definition) is 53. The van der Waals surface area contributed by atoms with Crippen LogP contribution in [0.2, 0.25) is 0 Å². The lowest BCUT2D eigenvalue weighted by molar-refractivity contribution is -0.417. The van der Waals surface area contributed by atoms with E-state index in [1.54, 1.807) is 0 Å². The Morgan fingerprint density at radius 2 is 0.430 bits per heavy atom. The van der Waals surface area contributed by atoms with Crippen LogP contribution in [0.1, 0.15) is 19.3 Å². The number of unbranched alkanes of at least 4 members (excludes halogenated alkanes) is 1. The SMILES string of the molecule is NCCCCC(=O)NCCO[C@H]1OC(CO)[C@@H](O)[C@H](O[C@H]2OC(CO)[C@@H](O)[C@H](O[C@H]3OC(CO)[C@@H](O)[C@H](O)C3O[C@H]3OC(CO)[C@@H](O)[C@H](O)C3O[C@H]3OC(CO)[C@@H](O)[C@H](O)C3O[C@H]3OC(CO)[C@@H](O)[C@H](O[C@H]4OC(CO)[C@@H](O)[C@H](O[C@H]5OC(CO)[C@@H](O)[C@H](O)C5O[C@H]5OC(CO)[C@@H](O)[C@H](O)C5O[C@H]5OC(CO)[C@@H](O)[C@H](O)C5O)C4O)C3O)C2O)C1O. The molecule has 10 aliphatic heterocycles. The van der Waals surface area contributed by atoms with Crippen LogP contribution >= 0.6 is 0 Å². The first kappa shape index (κ1) is 101. The van der Waals surface area contributed by atoms with Gasteiger partial charge in [0.1, 0.15) is 244 Å². The Bertz CT molecular complexity index is 3060. The molecule has 0 radical (unpaired) electrons. The topological polar surface area (TPSA) is 867 Å². The predicted octanol–water partition coefficient (Wildman–Crippen LogP) is -22.5. The van der Waals surface area contributed by atoms with Crippen LogP contribution in [0.4, 0.5) is 0 Å². The van der Waals surface area contributed by atoms with E-state index in [4.69, 9.17) is 100 Å². The van der Waals surface area contributed by atoms with Gasteiger partial charge in [0.25, 0.3) is 0 Å². The summed E-state index contributed by atoms with van der Waals surface area (Å²) in [5, 5.41) is 347. The van der Waals surface area contributed by atoms with Gasteiger partial charge in [-0.3, -0.25) is 4.79 Å². The van der Waals surface area contributed by atoms with Crippen molar-refractivity contribution in [3.63, 3.8) is 0 Å². The van der Waals surface area contributed by atoms with E-state index >= 15 is 0 Å². The molecule has 20 unspecified atom stereocenters. The fourth-order valence-electron chi connectivity index (χ4n) is 15.3. The average molecular weight is 1780 g/mol. The number of carbonyl (C=O) groups excluding carboxylic acids is 1. The zero-order valence-corrected chi connectivity index (χ0v) is 64.2. The number of carbonyl (C=O) groups is 1. The van der Waals surface area contributed by atoms with Crippen molar-refractivity contribution in [3.05, 3.63) is 0 Å². The zero-order valence-electron chi connectivity index (χ0n) is 64.2. The van der Waals surface area contributed by atoms with E-state index in [1.807, 2.05) is 0 Å². The lowest BCUT2D eigenvalue weighted by atomic mass is 9.95. The van der Waals surface area contributed by atoms with E-state index in [2.05, 4.69) is 5.32 Å². The molecule has 10 aliphatic rings. The molecule has 0 aliphatic carbocycles. The molecule has 0 aromatic carbocycles. The van der Waals surface area contributed by atoms with Gasteiger partial charge in [0.2, 0.25) is 5.91 Å². The second kappa shape index (κ2) is 45.3. The van der Waals surface area contributed by atoms with Gasteiger partial charge in [0, 0.05) is 13.0 Å². The van der Waals surface area contributed by atoms with Crippen molar-refractivity contribution >= 4 is 5.91 Å². The lowest BCUT2D eigenvalue weighted by Crippen LogP contribution is -2.69. The molecule has 0 aromatic heterocycles. The first-order valence-corrected chi connectivity index (χ1v) is 39.1. The van der Waals surface area contributed by atoms with E-state index in [0.717, 1.165) is 0 Å². The van der Waals surface area contributed by atoms with E-state index < -0.39 is 373 Å². The number of aliphatic hydroxyl groups excluding tert-OH is 31. The fraction of sp³-hybridized carbons (Fsp3) is 0.985. The summed E-state index contributed by atoms with van der Waals surface area (Å²) in [6.45, 7) is -11.4. The molecule has 10 fully saturated rings. The van der Waals surface area contributed by atoms with Crippen molar-refractivity contribution in [3.8, 4) is 0 Å². The highest BCUT2D eigenvalue weighted by molar-refractivity contribution is 5.75. The Morgan fingerprint density at radius 3 is 0.686 bits per heavy atom. The van der Waals surface area contributed by atoms with Crippen molar-refractivity contribution in [2.24, 2.45) is 5.73 Å². The van der Waals surface area contributed by atoms with Gasteiger partial charge in [-0.2, -0.15) is 0 Å². The Labute approximate surface area is 685 Å². The molecule has 54 heteroatoms. The number of aliphatic hydroxyl groups is 31. The van der Waals surface area contributed by atoms with Crippen LogP contribution < -0.4 is 11.1 Å². The van der Waals surface area contributed by atoms with Crippen molar-refractivity contribution in [2.45, 2.75) is 326 Å². The molecule has 0 bridgehead atoms. The van der Waals surface area contributed by atoms with Gasteiger partial charge in [-0.1, -0.05) is 0 Å². The fourth-order valence-corrected chi connectivity index (χ4v) is 15.3. The number of nitrogens with one attached hydrogen (secondary N) is 1. The van der Waals surface area contributed by atoms with Crippen LogP contribution in [-0.4, -0.2) is 557 Å². The Kier molecular flexibility index (Phi) is 37.6. The quantitative estimate of drug-likeness (QED) is 0.0259. The van der Waals surface area contributed by atoms with Crippen molar-refractivity contribution in [1.29, 1.82) is 0 Å². The maximum atomic E-state index is 12.3. The predicted molar refractivity (Wildman–Crippen MR) is 369 cm³/mol. The maximum absolute atomic E-state index is 12.3. The van der Waals surface area contributed by atoms with Gasteiger partial charge in [-0.15, -0.1) is 0 Å². The summed E-state index contributed by atoms with van der Waals surface area (Å²) in [6, 6.07) is 0. The van der Waals surface area contributed by atoms with E-state index in [9.17, 15) is 163 Å². The minimum Gasteiger partial charge on any atom is -0.394 e. The highest BCUT2D eigenvalue weighted by Gasteiger charge is 2.62. The Balaban J connectivity index is 0.878. The number of ether oxygens (including phenoxy) is 20. The molecule has 34 N–H and O–H groups in total. The molecule has 54 nitrogen and oxygen atoms in total. The van der Waals surface area contributed by atoms with Crippen LogP contribution in [-0.2, 0) is 99.5 Å². The summed E-state index contributed by atoms with van der Waals surface area (Å²) in [4.78, 5) is 12.3. The second-order valence-corrected chi connectivity index (χ2v) is 30.4. The summed E-state index contributed by atoms with van der Waals surface area (Å²) >= 11 is 0. The molecule has 0 aromatic rings. The Hall–Kier alpha value is -2.61. The van der Waals surface area contributed by atoms with Crippen LogP contribution in [0.5, 0.6) is 0 Å². The highest BCUT2D eigenvalue weighted by atomic mass is 16.8. The summed E-state index contributed by atoms with van der Waals surface area (Å²) in [5.41, 5.74) is 5.49. The molecule has 10 saturated heterocycles. The number of nitrogens with two attached hydrogens (primary N) is 1. The normalized spacial score (nSPS) is 50.2. The minimum atomic E-state index is -2.56. The summed E-state index contributed by atoms with van der Waals surface area (Å²) < 4.78 is 116. The molecule has 0 spiro atoms. The van der Waals surface area contributed by atoms with Crippen molar-refractivity contribution in [1.82, 2.24) is 5.32 Å². The van der Waals surface area contributed by atoms with Crippen LogP contribution in [0, 0.1) is 0 Å². The first-order chi connectivity index (χ1) is 57.6. The lowest BCUT2D eigenvalue weighted by Gasteiger charge is -2.51. The average Bonchev–Trinajstić information content (AvgIpc) is 0.765. The van der Waals surface area contributed by atoms with Crippen molar-refractivity contribution in [2.75, 3.05) is 85.8 Å². The van der Waals surface area contributed by atoms with E-state index in [0.29, 0.717) is 19.4 Å². The van der Waals surface area contributed by atoms with Gasteiger partial charge in [-0.25, -0.2) is 0 Å². The molecule has 0 saturated carbocycles. The Morgan fingerprint density at radius 1 is 0.231 bits per heavy atom. The third kappa shape index (κ3) is 22.2. The summed E-state index contributed by atoms with van der Waals surface area (Å²) in [6.07, 6.45) is -108. The van der Waals surface area contributed by atoms with E-state index in [-0.39, 0.29) is 25.5 Å². The van der Waals surface area contributed by atoms with E-state index in [1.165, 1.54) is 0 Å². The third-order valence-electron chi connectivity index (χ3n) is 22.4. The van der Waals surface area contributed by atoms with Gasteiger partial charge < -0.3 is 264 Å². The number of rotatable bonds is 36. The monoisotopic (exact) mass is 1780 g/mol. The molecule has 10 rings (SSSR count). The molecular formula is C67H116N2O52. The zero-order chi connectivity index (χ0) is 88.6. The van der Waals surface area contributed by atoms with Crippen LogP contribution in [0.3, 0.4) is 0 Å². The van der Waals surface area contributed by atoms with Crippen molar-refractivity contribution < 1.29 is 258 Å². The van der Waals surface area contributed by atoms with Gasteiger partial charge in [0.15, 0.2) is 62.9 Å². The van der Waals surface area contributed by atoms with Gasteiger partial charge in [-0.05, 0) is 19.4 Å². The van der Waals surface area contributed by atoms with Crippen LogP contribution in [0.15, 0.2) is 0 Å². The van der Waals surface area contributed by atoms with Gasteiger partial charge >= 0.3 is 0 Å². The molecule has 1 amide bonds. The summed E-state index contributed by atoms with van der Waals surface area (Å²) in [7, 11) is 0.